The van der Waals surface area contributed by atoms with Crippen molar-refractivity contribution >= 4 is 93.9 Å². The van der Waals surface area contributed by atoms with Crippen LogP contribution in [0.15, 0.2) is 136 Å². The van der Waals surface area contributed by atoms with Crippen LogP contribution in [0.3, 0.4) is 0 Å². The first-order chi connectivity index (χ1) is 26.5. The molecule has 6 aromatic rings. The predicted molar refractivity (Wildman–Crippen MR) is 199 cm³/mol. The molecule has 6 aromatic carbocycles. The van der Waals surface area contributed by atoms with Crippen LogP contribution < -0.4 is 0 Å². The van der Waals surface area contributed by atoms with E-state index in [2.05, 4.69) is 40.1 Å². The zero-order valence-electron chi connectivity index (χ0n) is 28.4. The summed E-state index contributed by atoms with van der Waals surface area (Å²) in [4.78, 5) is 10.5. The van der Waals surface area contributed by atoms with E-state index in [0.29, 0.717) is 44.6 Å². The molecule has 1 radical (unpaired) electrons. The maximum absolute atomic E-state index is 12.0. The van der Waals surface area contributed by atoms with Crippen molar-refractivity contribution in [1.29, 1.82) is 0 Å². The average Bonchev–Trinajstić information content (AvgIpc) is 3.15. The number of carbonyl (C=O) groups is 1. The molecule has 297 valence electrons. The van der Waals surface area contributed by atoms with E-state index in [-0.39, 0.29) is 50.5 Å². The average molecular weight is 884 g/mol. The number of nitrogens with zero attached hydrogens (tertiary/aromatic N) is 6. The van der Waals surface area contributed by atoms with Gasteiger partial charge in [-0.05, 0) is 78.5 Å². The van der Waals surface area contributed by atoms with Gasteiger partial charge in [-0.25, -0.2) is 10.1 Å². The molecule has 0 aromatic heterocycles. The van der Waals surface area contributed by atoms with E-state index in [0.717, 1.165) is 24.3 Å². The van der Waals surface area contributed by atoms with Crippen molar-refractivity contribution in [2.75, 3.05) is 0 Å². The summed E-state index contributed by atoms with van der Waals surface area (Å²) in [6.07, 6.45) is 0. The Morgan fingerprint density at radius 3 is 1.96 bits per heavy atom. The number of phenolic OH excluding ortho intramolecular Hbond substituents is 2. The summed E-state index contributed by atoms with van der Waals surface area (Å²) in [5.74, 6) is -2.67. The van der Waals surface area contributed by atoms with E-state index in [1.165, 1.54) is 24.3 Å². The van der Waals surface area contributed by atoms with E-state index >= 15 is 0 Å². The topological polar surface area (TPSA) is 299 Å². The quantitative estimate of drug-likeness (QED) is 0.0166. The van der Waals surface area contributed by atoms with Crippen LogP contribution in [-0.4, -0.2) is 52.5 Å². The Balaban J connectivity index is 0.00000620. The molecule has 0 atom stereocenters. The third-order valence-electron chi connectivity index (χ3n) is 7.92. The zero-order chi connectivity index (χ0) is 40.4. The molecule has 0 aliphatic carbocycles. The van der Waals surface area contributed by atoms with Gasteiger partial charge in [0, 0.05) is 44.2 Å². The van der Waals surface area contributed by atoms with Gasteiger partial charge in [0.2, 0.25) is 0 Å². The van der Waals surface area contributed by atoms with Crippen molar-refractivity contribution in [2.45, 2.75) is 21.6 Å². The monoisotopic (exact) mass is 883 g/mol. The minimum Gasteiger partial charge on any atom is -0.506 e. The predicted octanol–water partition coefficient (Wildman–Crippen LogP) is 9.58. The normalized spacial score (nSPS) is 12.3. The van der Waals surface area contributed by atoms with Crippen LogP contribution in [0.25, 0.3) is 21.5 Å². The van der Waals surface area contributed by atoms with Crippen LogP contribution in [0, 0.1) is 6.92 Å². The fourth-order valence-electron chi connectivity index (χ4n) is 5.28. The van der Waals surface area contributed by atoms with Gasteiger partial charge in [-0.2, -0.15) is 21.9 Å². The van der Waals surface area contributed by atoms with Crippen LogP contribution in [0.5, 0.6) is 11.5 Å². The maximum atomic E-state index is 12.0. The number of carboxylic acid groups (broad SMARTS) is 1. The standard InChI is InChI=1S/C34H24N6O13S3.Cu/c1-17-12-29(39-40-32-21-9-7-20(55(46,47)48)13-18(21)14-31(33(32)42)56(49,50)51)30(41)16-28(17)38-36-26-10-11-27(24-15-19(54-53-52-45)6-8-22(24)26)37-35-25-5-3-2-4-23(25)34(43)44;/h2-16,41-42,45H,1H3,(H,43,44)(H,46,47,48)(H,49,50,51);. The number of aryl methyl sites for hydroxylation is 1. The molecule has 0 amide bonds. The summed E-state index contributed by atoms with van der Waals surface area (Å²) in [5.41, 5.74) is 0.645. The van der Waals surface area contributed by atoms with Crippen LogP contribution in [0.1, 0.15) is 15.9 Å². The molecule has 0 heterocycles. The molecule has 6 rings (SSSR count). The van der Waals surface area contributed by atoms with Gasteiger partial charge in [0.15, 0.2) is 5.75 Å². The van der Waals surface area contributed by atoms with Crippen LogP contribution in [-0.2, 0) is 46.7 Å². The number of rotatable bonds is 12. The Morgan fingerprint density at radius 1 is 0.667 bits per heavy atom. The summed E-state index contributed by atoms with van der Waals surface area (Å²) in [6, 6.07) is 20.5. The Kier molecular flexibility index (Phi) is 12.8. The number of fused-ring (bicyclic) bond motifs is 2. The van der Waals surface area contributed by atoms with Crippen molar-refractivity contribution in [3.05, 3.63) is 102 Å². The number of aromatic carboxylic acids is 1. The van der Waals surface area contributed by atoms with Gasteiger partial charge >= 0.3 is 5.97 Å². The molecule has 0 saturated carbocycles. The van der Waals surface area contributed by atoms with Crippen molar-refractivity contribution in [2.24, 2.45) is 30.7 Å². The van der Waals surface area contributed by atoms with Gasteiger partial charge in [-0.3, -0.25) is 9.11 Å². The molecule has 6 N–H and O–H groups in total. The first kappa shape index (κ1) is 42.4. The second-order valence-corrected chi connectivity index (χ2v) is 15.1. The fourth-order valence-corrected chi connectivity index (χ4v) is 6.82. The number of aromatic hydroxyl groups is 2. The number of hydrogen-bond donors (Lipinski definition) is 6. The molecule has 0 aliphatic heterocycles. The Morgan fingerprint density at radius 2 is 1.30 bits per heavy atom. The SMILES string of the molecule is Cc1cc(N=Nc2c(O)c(S(=O)(=O)O)cc3cc(S(=O)(=O)O)ccc23)c(O)cc1N=Nc1ccc(N=Nc2ccccc2C(=O)O)c2cc(SOOO)ccc12.[Cu]. The molecule has 0 fully saturated rings. The smallest absolute Gasteiger partial charge is 0.337 e. The van der Waals surface area contributed by atoms with E-state index in [1.54, 1.807) is 49.4 Å². The molecule has 0 bridgehead atoms. The molecule has 0 unspecified atom stereocenters. The molecule has 0 spiro atoms. The van der Waals surface area contributed by atoms with Crippen LogP contribution in [0.2, 0.25) is 0 Å². The molecule has 0 saturated heterocycles. The van der Waals surface area contributed by atoms with Crippen molar-refractivity contribution in [3.8, 4) is 11.5 Å². The van der Waals surface area contributed by atoms with Crippen molar-refractivity contribution in [3.63, 3.8) is 0 Å². The molecule has 0 aliphatic rings. The van der Waals surface area contributed by atoms with Gasteiger partial charge in [-0.1, -0.05) is 29.3 Å². The largest absolute Gasteiger partial charge is 0.506 e. The van der Waals surface area contributed by atoms with Gasteiger partial charge < -0.3 is 15.3 Å². The molecule has 57 heavy (non-hydrogen) atoms. The van der Waals surface area contributed by atoms with Gasteiger partial charge in [0.05, 0.1) is 39.6 Å². The number of phenols is 2. The number of benzene rings is 6. The summed E-state index contributed by atoms with van der Waals surface area (Å²) in [5, 5.41) is 69.1. The number of carboxylic acids is 1. The van der Waals surface area contributed by atoms with Gasteiger partial charge in [0.1, 0.15) is 27.7 Å². The number of azo groups is 3. The summed E-state index contributed by atoms with van der Waals surface area (Å²) < 4.78 is 71.0. The maximum Gasteiger partial charge on any atom is 0.337 e. The molecule has 19 nitrogen and oxygen atoms in total. The third-order valence-corrected chi connectivity index (χ3v) is 10.2. The van der Waals surface area contributed by atoms with E-state index in [1.807, 2.05) is 0 Å². The van der Waals surface area contributed by atoms with Crippen LogP contribution in [0.4, 0.5) is 34.1 Å². The molecular weight excluding hydrogens is 860 g/mol. The Bertz CT molecular complexity index is 2890. The van der Waals surface area contributed by atoms with E-state index in [9.17, 15) is 46.1 Å². The van der Waals surface area contributed by atoms with Crippen molar-refractivity contribution < 1.29 is 77.8 Å². The Labute approximate surface area is 336 Å². The Hall–Kier alpha value is -5.72. The first-order valence-corrected chi connectivity index (χ1v) is 19.0. The first-order valence-electron chi connectivity index (χ1n) is 15.4. The van der Waals surface area contributed by atoms with E-state index in [4.69, 9.17) is 5.26 Å². The van der Waals surface area contributed by atoms with Gasteiger partial charge in [0.25, 0.3) is 20.2 Å². The summed E-state index contributed by atoms with van der Waals surface area (Å²) in [7, 11) is -9.77. The minimum atomic E-state index is -5.06. The van der Waals surface area contributed by atoms with Gasteiger partial charge in [-0.15, -0.1) is 29.9 Å². The molecule has 23 heteroatoms. The third kappa shape index (κ3) is 9.46. The summed E-state index contributed by atoms with van der Waals surface area (Å²) in [6.45, 7) is 1.61. The second kappa shape index (κ2) is 17.2. The van der Waals surface area contributed by atoms with Crippen LogP contribution >= 0.6 is 12.0 Å². The summed E-state index contributed by atoms with van der Waals surface area (Å²) >= 11 is 0.689. The molecular formula is C34H24CuN6O13S3. The number of hydrogen-bond acceptors (Lipinski definition) is 17. The fraction of sp³-hybridized carbons (Fsp3) is 0.0294. The second-order valence-electron chi connectivity index (χ2n) is 11.5. The minimum absolute atomic E-state index is 0. The van der Waals surface area contributed by atoms with E-state index < -0.39 is 53.2 Å². The van der Waals surface area contributed by atoms with Crippen molar-refractivity contribution in [1.82, 2.24) is 0 Å². The zero-order valence-corrected chi connectivity index (χ0v) is 31.8.